The van der Waals surface area contributed by atoms with Crippen molar-refractivity contribution >= 4 is 50.9 Å². The number of nitrogens with zero attached hydrogens (tertiary/aromatic N) is 1. The predicted octanol–water partition coefficient (Wildman–Crippen LogP) is 4.45. The molecule has 8 nitrogen and oxygen atoms in total. The van der Waals surface area contributed by atoms with E-state index in [1.165, 1.54) is 0 Å². The van der Waals surface area contributed by atoms with Crippen molar-refractivity contribution in [3.8, 4) is 0 Å². The number of esters is 1. The van der Waals surface area contributed by atoms with Gasteiger partial charge in [0, 0.05) is 22.2 Å². The zero-order chi connectivity index (χ0) is 23.8. The third kappa shape index (κ3) is 3.75. The third-order valence-corrected chi connectivity index (χ3v) is 6.55. The van der Waals surface area contributed by atoms with E-state index in [2.05, 4.69) is 10.3 Å². The van der Waals surface area contributed by atoms with Crippen LogP contribution in [0.1, 0.15) is 53.2 Å². The highest BCUT2D eigenvalue weighted by molar-refractivity contribution is 7.16. The first-order valence-corrected chi connectivity index (χ1v) is 11.4. The van der Waals surface area contributed by atoms with E-state index in [0.29, 0.717) is 26.6 Å². The summed E-state index contributed by atoms with van der Waals surface area (Å²) in [7, 11) is 0. The Labute approximate surface area is 198 Å². The molecule has 2 N–H and O–H groups in total. The summed E-state index contributed by atoms with van der Waals surface area (Å²) in [5.74, 6) is -1.77. The van der Waals surface area contributed by atoms with Crippen molar-refractivity contribution in [1.82, 2.24) is 9.88 Å². The van der Waals surface area contributed by atoms with E-state index >= 15 is 0 Å². The first kappa shape index (κ1) is 21.6. The van der Waals surface area contributed by atoms with Gasteiger partial charge in [-0.2, -0.15) is 0 Å². The lowest BCUT2D eigenvalue weighted by Crippen LogP contribution is -2.28. The number of H-pyrrole nitrogens is 1. The lowest BCUT2D eigenvalue weighted by atomic mass is 10.1. The van der Waals surface area contributed by atoms with E-state index in [-0.39, 0.29) is 18.7 Å². The van der Waals surface area contributed by atoms with E-state index < -0.39 is 23.7 Å². The zero-order valence-electron chi connectivity index (χ0n) is 18.1. The van der Waals surface area contributed by atoms with Crippen LogP contribution in [0, 0.1) is 0 Å². The van der Waals surface area contributed by atoms with Gasteiger partial charge >= 0.3 is 5.97 Å². The number of hydrogen-bond acceptors (Lipinski definition) is 6. The van der Waals surface area contributed by atoms with E-state index in [0.717, 1.165) is 27.1 Å². The second kappa shape index (κ2) is 8.60. The maximum Gasteiger partial charge on any atom is 0.341 e. The van der Waals surface area contributed by atoms with Crippen LogP contribution < -0.4 is 5.32 Å². The molecule has 0 atom stereocenters. The summed E-state index contributed by atoms with van der Waals surface area (Å²) in [5, 5.41) is 4.05. The molecule has 5 rings (SSSR count). The summed E-state index contributed by atoms with van der Waals surface area (Å²) >= 11 is 1.12. The quantitative estimate of drug-likeness (QED) is 0.318. The number of rotatable bonds is 6. The topological polar surface area (TPSA) is 109 Å². The zero-order valence-corrected chi connectivity index (χ0v) is 18.9. The van der Waals surface area contributed by atoms with Gasteiger partial charge in [0.15, 0.2) is 0 Å². The number of carbonyl (C=O) groups is 4. The fraction of sp³-hybridized carbons (Fsp3) is 0.120. The molecular weight excluding hydrogens is 454 g/mol. The smallest absolute Gasteiger partial charge is 0.341 e. The summed E-state index contributed by atoms with van der Waals surface area (Å²) in [5.41, 5.74) is 2.11. The number of thiophene rings is 1. The van der Waals surface area contributed by atoms with E-state index in [1.54, 1.807) is 55.6 Å². The fourth-order valence-electron chi connectivity index (χ4n) is 3.88. The number of carbonyl (C=O) groups excluding carboxylic acids is 4. The van der Waals surface area contributed by atoms with Crippen LogP contribution in [0.25, 0.3) is 10.9 Å². The first-order valence-electron chi connectivity index (χ1n) is 10.6. The molecule has 0 saturated heterocycles. The second-order valence-electron chi connectivity index (χ2n) is 7.65. The number of aromatic amines is 1. The van der Waals surface area contributed by atoms with Crippen LogP contribution in [0.3, 0.4) is 0 Å². The molecule has 1 aliphatic heterocycles. The number of anilines is 1. The van der Waals surface area contributed by atoms with E-state index in [4.69, 9.17) is 4.74 Å². The van der Waals surface area contributed by atoms with Gasteiger partial charge < -0.3 is 15.0 Å². The Kier molecular flexibility index (Phi) is 5.46. The molecule has 170 valence electrons. The molecule has 9 heteroatoms. The molecule has 2 aromatic heterocycles. The SMILES string of the molecule is CCOC(=O)c1cc(CN2C(=O)c3ccccc3C2=O)sc1NC(=O)c1ccc2cc[nH]c2c1. The van der Waals surface area contributed by atoms with Gasteiger partial charge in [0.25, 0.3) is 17.7 Å². The number of amides is 3. The normalized spacial score (nSPS) is 12.8. The number of ether oxygens (including phenoxy) is 1. The van der Waals surface area contributed by atoms with Gasteiger partial charge in [0.05, 0.1) is 29.8 Å². The highest BCUT2D eigenvalue weighted by Gasteiger charge is 2.35. The van der Waals surface area contributed by atoms with Crippen LogP contribution in [0.2, 0.25) is 0 Å². The molecule has 0 spiro atoms. The second-order valence-corrected chi connectivity index (χ2v) is 8.79. The van der Waals surface area contributed by atoms with Crippen molar-refractivity contribution in [2.45, 2.75) is 13.5 Å². The number of benzene rings is 2. The average Bonchev–Trinajstić information content (AvgIpc) is 3.53. The van der Waals surface area contributed by atoms with Crippen molar-refractivity contribution < 1.29 is 23.9 Å². The number of imide groups is 1. The molecule has 3 amide bonds. The van der Waals surface area contributed by atoms with Crippen molar-refractivity contribution in [2.24, 2.45) is 0 Å². The predicted molar refractivity (Wildman–Crippen MR) is 127 cm³/mol. The van der Waals surface area contributed by atoms with Gasteiger partial charge in [-0.05, 0) is 48.7 Å². The molecule has 0 radical (unpaired) electrons. The van der Waals surface area contributed by atoms with Gasteiger partial charge in [0.2, 0.25) is 0 Å². The van der Waals surface area contributed by atoms with Crippen molar-refractivity contribution in [2.75, 3.05) is 11.9 Å². The first-order chi connectivity index (χ1) is 16.5. The van der Waals surface area contributed by atoms with Gasteiger partial charge in [-0.3, -0.25) is 19.3 Å². The maximum atomic E-state index is 12.9. The molecule has 3 heterocycles. The van der Waals surface area contributed by atoms with Crippen LogP contribution in [-0.2, 0) is 11.3 Å². The summed E-state index contributed by atoms with van der Waals surface area (Å²) in [4.78, 5) is 55.7. The number of hydrogen-bond donors (Lipinski definition) is 2. The molecule has 2 aromatic carbocycles. The highest BCUT2D eigenvalue weighted by Crippen LogP contribution is 2.33. The Hall–Kier alpha value is -4.24. The van der Waals surface area contributed by atoms with Crippen molar-refractivity contribution in [3.63, 3.8) is 0 Å². The van der Waals surface area contributed by atoms with Crippen LogP contribution in [-0.4, -0.2) is 40.2 Å². The molecule has 0 saturated carbocycles. The fourth-order valence-corrected chi connectivity index (χ4v) is 4.90. The van der Waals surface area contributed by atoms with Crippen molar-refractivity contribution in [1.29, 1.82) is 0 Å². The maximum absolute atomic E-state index is 12.9. The average molecular weight is 474 g/mol. The number of nitrogens with one attached hydrogen (secondary N) is 2. The molecule has 34 heavy (non-hydrogen) atoms. The summed E-state index contributed by atoms with van der Waals surface area (Å²) in [6.45, 7) is 1.83. The minimum atomic E-state index is -0.595. The molecule has 4 aromatic rings. The standard InChI is InChI=1S/C25H19N3O5S/c1-2-33-25(32)19-12-16(13-28-23(30)17-5-3-4-6-18(17)24(28)31)34-22(19)27-21(29)15-8-7-14-9-10-26-20(14)11-15/h3-12,26H,2,13H2,1H3,(H,27,29). The molecule has 1 aliphatic rings. The van der Waals surface area contributed by atoms with Crippen LogP contribution in [0.4, 0.5) is 5.00 Å². The lowest BCUT2D eigenvalue weighted by molar-refractivity contribution is 0.0527. The van der Waals surface area contributed by atoms with E-state index in [9.17, 15) is 19.2 Å². The van der Waals surface area contributed by atoms with E-state index in [1.807, 2.05) is 12.1 Å². The van der Waals surface area contributed by atoms with Crippen LogP contribution >= 0.6 is 11.3 Å². The molecule has 0 fully saturated rings. The summed E-state index contributed by atoms with van der Waals surface area (Å²) < 4.78 is 5.14. The molecule has 0 aliphatic carbocycles. The van der Waals surface area contributed by atoms with Crippen LogP contribution in [0.15, 0.2) is 60.8 Å². The molecule has 0 bridgehead atoms. The van der Waals surface area contributed by atoms with Gasteiger partial charge in [-0.1, -0.05) is 18.2 Å². The van der Waals surface area contributed by atoms with Gasteiger partial charge in [-0.25, -0.2) is 4.79 Å². The Morgan fingerprint density at radius 1 is 1.03 bits per heavy atom. The third-order valence-electron chi connectivity index (χ3n) is 5.51. The number of fused-ring (bicyclic) bond motifs is 2. The monoisotopic (exact) mass is 473 g/mol. The summed E-state index contributed by atoms with van der Waals surface area (Å²) in [6, 6.07) is 15.3. The Morgan fingerprint density at radius 2 is 1.76 bits per heavy atom. The molecule has 0 unspecified atom stereocenters. The van der Waals surface area contributed by atoms with Gasteiger partial charge in [0.1, 0.15) is 5.00 Å². The van der Waals surface area contributed by atoms with Crippen LogP contribution in [0.5, 0.6) is 0 Å². The largest absolute Gasteiger partial charge is 0.462 e. The summed E-state index contributed by atoms with van der Waals surface area (Å²) in [6.07, 6.45) is 1.79. The Bertz CT molecular complexity index is 1430. The Balaban J connectivity index is 1.42. The van der Waals surface area contributed by atoms with Gasteiger partial charge in [-0.15, -0.1) is 11.3 Å². The minimum absolute atomic E-state index is 0.0201. The van der Waals surface area contributed by atoms with Crippen molar-refractivity contribution in [3.05, 3.63) is 87.9 Å². The Morgan fingerprint density at radius 3 is 2.47 bits per heavy atom. The minimum Gasteiger partial charge on any atom is -0.462 e. The highest BCUT2D eigenvalue weighted by atomic mass is 32.1. The number of aromatic nitrogens is 1. The molecular formula is C25H19N3O5S. The lowest BCUT2D eigenvalue weighted by Gasteiger charge is -2.12.